The Balaban J connectivity index is 3.08. The van der Waals surface area contributed by atoms with Crippen LogP contribution in [0.1, 0.15) is 0 Å². The summed E-state index contributed by atoms with van der Waals surface area (Å²) in [5.41, 5.74) is -4.73. The maximum Gasteiger partial charge on any atom is 0.501 e. The van der Waals surface area contributed by atoms with Crippen LogP contribution in [0.25, 0.3) is 0 Å². The average molecular weight is 271 g/mol. The Morgan fingerprint density at radius 3 is 2.06 bits per heavy atom. The highest BCUT2D eigenvalue weighted by atomic mass is 32.2. The summed E-state index contributed by atoms with van der Waals surface area (Å²) in [7, 11) is -5.24. The molecule has 1 N–H and O–H groups in total. The third-order valence-electron chi connectivity index (χ3n) is 1.69. The molecule has 1 aromatic carbocycles. The van der Waals surface area contributed by atoms with Crippen LogP contribution in [-0.2, 0) is 9.84 Å². The van der Waals surface area contributed by atoms with Crippen molar-refractivity contribution in [3.05, 3.63) is 24.3 Å². The summed E-state index contributed by atoms with van der Waals surface area (Å²) in [6, 6.07) is 4.38. The van der Waals surface area contributed by atoms with Gasteiger partial charge in [-0.05, 0) is 24.3 Å². The maximum absolute atomic E-state index is 12.2. The molecule has 0 aliphatic heterocycles. The molecule has 1 aromatic rings. The molecule has 0 saturated carbocycles. The lowest BCUT2D eigenvalue weighted by molar-refractivity contribution is -0.0436. The van der Waals surface area contributed by atoms with Gasteiger partial charge in [0.1, 0.15) is 0 Å². The number of rotatable bonds is 3. The predicted octanol–water partition coefficient (Wildman–Crippen LogP) is 2.67. The van der Waals surface area contributed by atoms with Crippen LogP contribution in [0.5, 0.6) is 0 Å². The highest BCUT2D eigenvalue weighted by Gasteiger charge is 2.46. The predicted molar refractivity (Wildman–Crippen MR) is 56.8 cm³/mol. The lowest BCUT2D eigenvalue weighted by atomic mass is 10.3. The monoisotopic (exact) mass is 271 g/mol. The van der Waals surface area contributed by atoms with Crippen molar-refractivity contribution in [1.29, 1.82) is 0 Å². The van der Waals surface area contributed by atoms with Gasteiger partial charge in [-0.1, -0.05) is 11.9 Å². The molecular formula is C8H8F3NO2S2. The number of sulfone groups is 1. The first kappa shape index (κ1) is 13.2. The normalized spacial score (nSPS) is 12.5. The van der Waals surface area contributed by atoms with Gasteiger partial charge in [-0.2, -0.15) is 13.2 Å². The minimum atomic E-state index is -5.26. The summed E-state index contributed by atoms with van der Waals surface area (Å²) in [4.78, 5) is -0.758. The first-order valence-corrected chi connectivity index (χ1v) is 6.70. The number of anilines is 1. The summed E-state index contributed by atoms with van der Waals surface area (Å²) in [6.07, 6.45) is 1.74. The third-order valence-corrected chi connectivity index (χ3v) is 3.63. The van der Waals surface area contributed by atoms with E-state index >= 15 is 0 Å². The van der Waals surface area contributed by atoms with E-state index in [0.29, 0.717) is 5.69 Å². The molecule has 1 rings (SSSR count). The molecule has 3 nitrogen and oxygen atoms in total. The van der Waals surface area contributed by atoms with Gasteiger partial charge in [0.25, 0.3) is 9.84 Å². The summed E-state index contributed by atoms with van der Waals surface area (Å²) in [5.74, 6) is 0. The van der Waals surface area contributed by atoms with E-state index in [0.717, 1.165) is 12.1 Å². The Labute approximate surface area is 95.1 Å². The maximum atomic E-state index is 12.2. The first-order chi connectivity index (χ1) is 7.29. The molecule has 0 spiro atoms. The smallest absolute Gasteiger partial charge is 0.330 e. The van der Waals surface area contributed by atoms with E-state index in [1.807, 2.05) is 0 Å². The van der Waals surface area contributed by atoms with Crippen LogP contribution in [0, 0.1) is 0 Å². The number of halogens is 3. The van der Waals surface area contributed by atoms with Crippen LogP contribution in [0.2, 0.25) is 0 Å². The zero-order chi connectivity index (χ0) is 12.4. The van der Waals surface area contributed by atoms with Crippen LogP contribution >= 0.6 is 11.9 Å². The Morgan fingerprint density at radius 2 is 1.69 bits per heavy atom. The molecule has 8 heteroatoms. The SMILES string of the molecule is CSNc1ccc(S(=O)(=O)C(F)(F)F)cc1. The van der Waals surface area contributed by atoms with Crippen LogP contribution in [-0.4, -0.2) is 20.2 Å². The highest BCUT2D eigenvalue weighted by Crippen LogP contribution is 2.30. The second kappa shape index (κ2) is 4.54. The minimum absolute atomic E-state index is 0.536. The van der Waals surface area contributed by atoms with Crippen molar-refractivity contribution >= 4 is 27.5 Å². The average Bonchev–Trinajstić information content (AvgIpc) is 2.17. The Kier molecular flexibility index (Phi) is 3.74. The molecule has 0 fully saturated rings. The van der Waals surface area contributed by atoms with E-state index in [4.69, 9.17) is 0 Å². The second-order valence-corrected chi connectivity index (χ2v) is 5.33. The largest absolute Gasteiger partial charge is 0.501 e. The summed E-state index contributed by atoms with van der Waals surface area (Å²) in [6.45, 7) is 0. The van der Waals surface area contributed by atoms with Crippen molar-refractivity contribution in [1.82, 2.24) is 0 Å². The molecule has 0 heterocycles. The third kappa shape index (κ3) is 2.62. The van der Waals surface area contributed by atoms with Gasteiger partial charge in [-0.15, -0.1) is 0 Å². The fraction of sp³-hybridized carbons (Fsp3) is 0.250. The summed E-state index contributed by atoms with van der Waals surface area (Å²) in [5, 5.41) is 0. The van der Waals surface area contributed by atoms with E-state index in [1.165, 1.54) is 24.1 Å². The lowest BCUT2D eigenvalue weighted by Crippen LogP contribution is -2.23. The first-order valence-electron chi connectivity index (χ1n) is 3.99. The van der Waals surface area contributed by atoms with Crippen molar-refractivity contribution in [3.63, 3.8) is 0 Å². The van der Waals surface area contributed by atoms with E-state index < -0.39 is 20.2 Å². The van der Waals surface area contributed by atoms with E-state index in [1.54, 1.807) is 6.26 Å². The van der Waals surface area contributed by atoms with Crippen LogP contribution in [0.4, 0.5) is 18.9 Å². The molecule has 90 valence electrons. The number of benzene rings is 1. The van der Waals surface area contributed by atoms with Gasteiger partial charge in [-0.3, -0.25) is 0 Å². The number of nitrogens with one attached hydrogen (secondary N) is 1. The van der Waals surface area contributed by atoms with Crippen LogP contribution in [0.15, 0.2) is 29.2 Å². The van der Waals surface area contributed by atoms with E-state index in [-0.39, 0.29) is 0 Å². The van der Waals surface area contributed by atoms with Crippen LogP contribution in [0.3, 0.4) is 0 Å². The number of hydrogen-bond acceptors (Lipinski definition) is 4. The van der Waals surface area contributed by atoms with Crippen molar-refractivity contribution in [2.45, 2.75) is 10.4 Å². The van der Waals surface area contributed by atoms with Gasteiger partial charge in [0.2, 0.25) is 0 Å². The van der Waals surface area contributed by atoms with E-state index in [2.05, 4.69) is 4.72 Å². The molecule has 0 aliphatic carbocycles. The standard InChI is InChI=1S/C8H8F3NO2S2/c1-15-12-6-2-4-7(5-3-6)16(13,14)8(9,10)11/h2-5,12H,1H3. The molecule has 0 saturated heterocycles. The molecule has 16 heavy (non-hydrogen) atoms. The molecule has 0 aromatic heterocycles. The van der Waals surface area contributed by atoms with Crippen molar-refractivity contribution in [3.8, 4) is 0 Å². The van der Waals surface area contributed by atoms with Gasteiger partial charge < -0.3 is 4.72 Å². The van der Waals surface area contributed by atoms with Gasteiger partial charge in [0.05, 0.1) is 4.90 Å². The Bertz CT molecular complexity index is 453. The lowest BCUT2D eigenvalue weighted by Gasteiger charge is -2.08. The molecule has 0 aliphatic rings. The fourth-order valence-electron chi connectivity index (χ4n) is 0.954. The van der Waals surface area contributed by atoms with Gasteiger partial charge in [-0.25, -0.2) is 8.42 Å². The topological polar surface area (TPSA) is 46.2 Å². The van der Waals surface area contributed by atoms with Crippen LogP contribution < -0.4 is 4.72 Å². The summed E-state index contributed by atoms with van der Waals surface area (Å²) >= 11 is 1.25. The zero-order valence-electron chi connectivity index (χ0n) is 8.08. The van der Waals surface area contributed by atoms with Crippen molar-refractivity contribution in [2.24, 2.45) is 0 Å². The van der Waals surface area contributed by atoms with Gasteiger partial charge >= 0.3 is 5.51 Å². The summed E-state index contributed by atoms with van der Waals surface area (Å²) < 4.78 is 61.2. The zero-order valence-corrected chi connectivity index (χ0v) is 9.71. The molecule has 0 radical (unpaired) electrons. The quantitative estimate of drug-likeness (QED) is 0.859. The molecule has 0 bridgehead atoms. The second-order valence-electron chi connectivity index (χ2n) is 2.78. The fourth-order valence-corrected chi connectivity index (χ4v) is 2.09. The number of hydrogen-bond donors (Lipinski definition) is 1. The van der Waals surface area contributed by atoms with Gasteiger partial charge in [0.15, 0.2) is 0 Å². The molecule has 0 unspecified atom stereocenters. The van der Waals surface area contributed by atoms with E-state index in [9.17, 15) is 21.6 Å². The number of alkyl halides is 3. The van der Waals surface area contributed by atoms with Gasteiger partial charge in [0, 0.05) is 11.9 Å². The molecule has 0 atom stereocenters. The van der Waals surface area contributed by atoms with Crippen molar-refractivity contribution < 1.29 is 21.6 Å². The highest BCUT2D eigenvalue weighted by molar-refractivity contribution is 7.99. The Morgan fingerprint density at radius 1 is 1.19 bits per heavy atom. The minimum Gasteiger partial charge on any atom is -0.330 e. The molecule has 0 amide bonds. The van der Waals surface area contributed by atoms with Crippen molar-refractivity contribution in [2.75, 3.05) is 11.0 Å². The molecular weight excluding hydrogens is 263 g/mol. The Hall–Kier alpha value is -0.890.